The number of carbonyl (C=O) groups is 1. The number of hydrogen-bond donors (Lipinski definition) is 4. The number of carboxylic acid groups (broad SMARTS) is 1. The third kappa shape index (κ3) is 8.52. The Hall–Kier alpha value is -4.88. The fourth-order valence-electron chi connectivity index (χ4n) is 6.58. The summed E-state index contributed by atoms with van der Waals surface area (Å²) < 4.78 is 12.6. The Labute approximate surface area is 319 Å². The van der Waals surface area contributed by atoms with Crippen molar-refractivity contribution in [2.75, 3.05) is 13.2 Å². The summed E-state index contributed by atoms with van der Waals surface area (Å²) in [6.45, 7) is 7.27. The van der Waals surface area contributed by atoms with E-state index in [1.165, 1.54) is 34.7 Å². The number of fused-ring (bicyclic) bond motifs is 1. The van der Waals surface area contributed by atoms with E-state index in [4.69, 9.17) is 32.7 Å². The van der Waals surface area contributed by atoms with Gasteiger partial charge >= 0.3 is 5.97 Å². The number of nitrogens with one attached hydrogen (secondary N) is 2. The highest BCUT2D eigenvalue weighted by atomic mass is 35.5. The van der Waals surface area contributed by atoms with Crippen molar-refractivity contribution in [3.05, 3.63) is 139 Å². The van der Waals surface area contributed by atoms with Crippen LogP contribution >= 0.6 is 23.2 Å². The van der Waals surface area contributed by atoms with Gasteiger partial charge in [0.2, 0.25) is 0 Å². The van der Waals surface area contributed by atoms with Crippen LogP contribution in [-0.2, 0) is 37.5 Å². The van der Waals surface area contributed by atoms with Gasteiger partial charge in [-0.15, -0.1) is 0 Å². The van der Waals surface area contributed by atoms with Crippen molar-refractivity contribution >= 4 is 29.2 Å². The molecule has 10 heteroatoms. The Morgan fingerprint density at radius 1 is 0.887 bits per heavy atom. The van der Waals surface area contributed by atoms with Gasteiger partial charge in [0.05, 0.1) is 23.3 Å². The number of halogens is 2. The molecule has 0 unspecified atom stereocenters. The Bertz CT molecular complexity index is 2220. The highest BCUT2D eigenvalue weighted by Gasteiger charge is 2.32. The standard InChI is InChI=1S/C43H41Cl2N3O5/c1-26-32(6-4-8-37(26)38-9-5-7-36(27(38)2)31-11-10-30-12-13-47-21-33(30)17-31)24-53-41-19-40(52-23-29-14-28(20-46)15-35(44)16-29)34(18-39(41)45)22-48-43(3,25-49)42(50)51/h4-11,14-19,47-49H,12-13,21-25H2,1-3H3,(H,50,51)/t43-/m0/s1. The van der Waals surface area contributed by atoms with E-state index in [1.54, 1.807) is 30.3 Å². The van der Waals surface area contributed by atoms with Crippen LogP contribution in [0.15, 0.2) is 84.9 Å². The van der Waals surface area contributed by atoms with E-state index >= 15 is 0 Å². The minimum atomic E-state index is -1.59. The lowest BCUT2D eigenvalue weighted by molar-refractivity contribution is -0.145. The Morgan fingerprint density at radius 3 is 2.38 bits per heavy atom. The van der Waals surface area contributed by atoms with Crippen molar-refractivity contribution in [3.8, 4) is 39.8 Å². The van der Waals surface area contributed by atoms with E-state index in [2.05, 4.69) is 73.0 Å². The smallest absolute Gasteiger partial charge is 0.326 e. The zero-order valence-electron chi connectivity index (χ0n) is 29.9. The predicted octanol–water partition coefficient (Wildman–Crippen LogP) is 8.54. The van der Waals surface area contributed by atoms with E-state index in [1.807, 2.05) is 12.1 Å². The molecule has 0 spiro atoms. The summed E-state index contributed by atoms with van der Waals surface area (Å²) in [6.07, 6.45) is 1.05. The van der Waals surface area contributed by atoms with Gasteiger partial charge in [-0.05, 0) is 120 Å². The van der Waals surface area contributed by atoms with Gasteiger partial charge in [0.25, 0.3) is 0 Å². The van der Waals surface area contributed by atoms with E-state index in [0.29, 0.717) is 38.2 Å². The molecule has 1 aliphatic heterocycles. The number of nitriles is 1. The number of aliphatic carboxylic acids is 1. The highest BCUT2D eigenvalue weighted by Crippen LogP contribution is 2.37. The SMILES string of the molecule is Cc1c(COc2cc(OCc3cc(Cl)cc(C#N)c3)c(CN[C@@](C)(CO)C(=O)O)cc2Cl)cccc1-c1cccc(-c2ccc3c(c2)CNCC3)c1C. The van der Waals surface area contributed by atoms with Crippen LogP contribution < -0.4 is 20.1 Å². The number of hydrogen-bond acceptors (Lipinski definition) is 7. The number of aliphatic hydroxyl groups is 1. The lowest BCUT2D eigenvalue weighted by Crippen LogP contribution is -2.52. The zero-order chi connectivity index (χ0) is 37.7. The van der Waals surface area contributed by atoms with Gasteiger partial charge in [-0.3, -0.25) is 10.1 Å². The summed E-state index contributed by atoms with van der Waals surface area (Å²) in [5.74, 6) is -0.439. The molecule has 0 bridgehead atoms. The molecular formula is C43H41Cl2N3O5. The summed E-state index contributed by atoms with van der Waals surface area (Å²) in [7, 11) is 0. The van der Waals surface area contributed by atoms with Crippen molar-refractivity contribution in [1.82, 2.24) is 10.6 Å². The normalized spacial score (nSPS) is 13.5. The van der Waals surface area contributed by atoms with Crippen LogP contribution in [0.1, 0.15) is 51.4 Å². The quantitative estimate of drug-likeness (QED) is 0.0945. The molecule has 272 valence electrons. The molecule has 4 N–H and O–H groups in total. The Kier molecular flexibility index (Phi) is 11.7. The first kappa shape index (κ1) is 37.9. The van der Waals surface area contributed by atoms with Crippen LogP contribution in [0.25, 0.3) is 22.3 Å². The molecule has 0 fully saturated rings. The number of rotatable bonds is 13. The number of ether oxygens (including phenoxy) is 2. The van der Waals surface area contributed by atoms with Gasteiger partial charge in [0.15, 0.2) is 0 Å². The monoisotopic (exact) mass is 749 g/mol. The first-order valence-electron chi connectivity index (χ1n) is 17.4. The second-order valence-electron chi connectivity index (χ2n) is 13.6. The summed E-state index contributed by atoms with van der Waals surface area (Å²) in [5, 5.41) is 35.9. The van der Waals surface area contributed by atoms with Crippen LogP contribution in [-0.4, -0.2) is 34.9 Å². The minimum Gasteiger partial charge on any atom is -0.488 e. The van der Waals surface area contributed by atoms with Crippen molar-refractivity contribution in [3.63, 3.8) is 0 Å². The minimum absolute atomic E-state index is 0.0274. The van der Waals surface area contributed by atoms with E-state index in [0.717, 1.165) is 41.8 Å². The van der Waals surface area contributed by atoms with Crippen LogP contribution in [0.3, 0.4) is 0 Å². The van der Waals surface area contributed by atoms with Crippen LogP contribution in [0, 0.1) is 25.2 Å². The van der Waals surface area contributed by atoms with Crippen LogP contribution in [0.5, 0.6) is 11.5 Å². The molecule has 0 aliphatic carbocycles. The maximum atomic E-state index is 11.9. The van der Waals surface area contributed by atoms with E-state index in [-0.39, 0.29) is 19.8 Å². The molecule has 6 rings (SSSR count). The average molecular weight is 751 g/mol. The summed E-state index contributed by atoms with van der Waals surface area (Å²) >= 11 is 13.0. The van der Waals surface area contributed by atoms with Crippen molar-refractivity contribution in [2.45, 2.75) is 59.0 Å². The predicted molar refractivity (Wildman–Crippen MR) is 208 cm³/mol. The molecule has 5 aromatic rings. The second kappa shape index (κ2) is 16.4. The maximum Gasteiger partial charge on any atom is 0.326 e. The molecule has 0 saturated heterocycles. The Balaban J connectivity index is 1.26. The van der Waals surface area contributed by atoms with E-state index < -0.39 is 18.1 Å². The van der Waals surface area contributed by atoms with Gasteiger partial charge in [-0.1, -0.05) is 71.7 Å². The van der Waals surface area contributed by atoms with Gasteiger partial charge in [-0.2, -0.15) is 5.26 Å². The van der Waals surface area contributed by atoms with Crippen molar-refractivity contribution in [1.29, 1.82) is 5.26 Å². The average Bonchev–Trinajstić information content (AvgIpc) is 3.16. The molecule has 8 nitrogen and oxygen atoms in total. The fraction of sp³-hybridized carbons (Fsp3) is 0.256. The first-order chi connectivity index (χ1) is 25.5. The summed E-state index contributed by atoms with van der Waals surface area (Å²) in [4.78, 5) is 11.9. The summed E-state index contributed by atoms with van der Waals surface area (Å²) in [6, 6.07) is 29.8. The van der Waals surface area contributed by atoms with Gasteiger partial charge in [0, 0.05) is 29.7 Å². The molecule has 0 saturated carbocycles. The third-order valence-electron chi connectivity index (χ3n) is 9.91. The van der Waals surface area contributed by atoms with Gasteiger partial charge < -0.3 is 25.0 Å². The largest absolute Gasteiger partial charge is 0.488 e. The lowest BCUT2D eigenvalue weighted by atomic mass is 9.88. The number of nitrogens with zero attached hydrogens (tertiary/aromatic N) is 1. The first-order valence-corrected chi connectivity index (χ1v) is 18.1. The van der Waals surface area contributed by atoms with Crippen LogP contribution in [0.2, 0.25) is 10.0 Å². The fourth-order valence-corrected chi connectivity index (χ4v) is 7.08. The molecule has 5 aromatic carbocycles. The maximum absolute atomic E-state index is 11.9. The van der Waals surface area contributed by atoms with Crippen molar-refractivity contribution < 1.29 is 24.5 Å². The molecule has 0 aromatic heterocycles. The molecule has 0 radical (unpaired) electrons. The Morgan fingerprint density at radius 2 is 1.62 bits per heavy atom. The van der Waals surface area contributed by atoms with Gasteiger partial charge in [-0.25, -0.2) is 0 Å². The van der Waals surface area contributed by atoms with Gasteiger partial charge in [0.1, 0.15) is 30.3 Å². The number of benzene rings is 5. The molecule has 53 heavy (non-hydrogen) atoms. The molecule has 1 aliphatic rings. The number of aliphatic hydroxyl groups excluding tert-OH is 1. The topological polar surface area (TPSA) is 124 Å². The highest BCUT2D eigenvalue weighted by molar-refractivity contribution is 6.32. The second-order valence-corrected chi connectivity index (χ2v) is 14.4. The molecular weight excluding hydrogens is 709 g/mol. The van der Waals surface area contributed by atoms with Crippen LogP contribution in [0.4, 0.5) is 0 Å². The van der Waals surface area contributed by atoms with Crippen molar-refractivity contribution in [2.24, 2.45) is 0 Å². The molecule has 1 atom stereocenters. The zero-order valence-corrected chi connectivity index (χ0v) is 31.4. The van der Waals surface area contributed by atoms with E-state index in [9.17, 15) is 20.3 Å². The number of carboxylic acids is 1. The molecule has 0 amide bonds. The third-order valence-corrected chi connectivity index (χ3v) is 10.4. The summed E-state index contributed by atoms with van der Waals surface area (Å²) in [5.41, 5.74) is 10.7. The molecule has 1 heterocycles. The lowest BCUT2D eigenvalue weighted by Gasteiger charge is -2.25.